The molecule has 2 aromatic heterocycles. The lowest BCUT2D eigenvalue weighted by atomic mass is 10.0. The van der Waals surface area contributed by atoms with Crippen LogP contribution in [-0.2, 0) is 6.54 Å². The third-order valence-corrected chi connectivity index (χ3v) is 5.25. The van der Waals surface area contributed by atoms with E-state index in [0.717, 1.165) is 22.5 Å². The van der Waals surface area contributed by atoms with Gasteiger partial charge < -0.3 is 4.90 Å². The van der Waals surface area contributed by atoms with E-state index in [2.05, 4.69) is 37.0 Å². The number of rotatable bonds is 5. The summed E-state index contributed by atoms with van der Waals surface area (Å²) in [4.78, 5) is 18.6. The molecule has 0 saturated carbocycles. The van der Waals surface area contributed by atoms with Gasteiger partial charge in [0.2, 0.25) is 0 Å². The van der Waals surface area contributed by atoms with Crippen LogP contribution in [0.15, 0.2) is 79.3 Å². The van der Waals surface area contributed by atoms with Gasteiger partial charge in [0.15, 0.2) is 0 Å². The minimum absolute atomic E-state index is 0.0680. The highest BCUT2D eigenvalue weighted by atomic mass is 16.2. The van der Waals surface area contributed by atoms with Crippen LogP contribution in [0.1, 0.15) is 27.0 Å². The van der Waals surface area contributed by atoms with Gasteiger partial charge in [-0.3, -0.25) is 9.78 Å². The van der Waals surface area contributed by atoms with Crippen LogP contribution < -0.4 is 0 Å². The SMILES string of the molecule is Cc1ccc(-c2nn(-c3ccccc3)cc2CN(C)C(=O)c2cccnc2)cc1C. The molecule has 4 rings (SSSR count). The molecular weight excluding hydrogens is 372 g/mol. The molecule has 0 spiro atoms. The van der Waals surface area contributed by atoms with Crippen LogP contribution in [0.4, 0.5) is 0 Å². The molecule has 0 fully saturated rings. The minimum atomic E-state index is -0.0680. The molecule has 0 bridgehead atoms. The number of aryl methyl sites for hydroxylation is 2. The largest absolute Gasteiger partial charge is 0.337 e. The van der Waals surface area contributed by atoms with Crippen LogP contribution in [-0.4, -0.2) is 32.6 Å². The Bertz CT molecular complexity index is 1170. The van der Waals surface area contributed by atoms with Crippen LogP contribution in [0.3, 0.4) is 0 Å². The Hall–Kier alpha value is -3.73. The highest BCUT2D eigenvalue weighted by Gasteiger charge is 2.18. The minimum Gasteiger partial charge on any atom is -0.337 e. The van der Waals surface area contributed by atoms with Crippen molar-refractivity contribution in [1.29, 1.82) is 0 Å². The van der Waals surface area contributed by atoms with E-state index in [1.807, 2.05) is 41.2 Å². The van der Waals surface area contributed by atoms with Gasteiger partial charge in [0.25, 0.3) is 5.91 Å². The molecule has 5 heteroatoms. The number of carbonyl (C=O) groups excluding carboxylic acids is 1. The number of para-hydroxylation sites is 1. The van der Waals surface area contributed by atoms with E-state index in [0.29, 0.717) is 12.1 Å². The van der Waals surface area contributed by atoms with Crippen molar-refractivity contribution in [3.63, 3.8) is 0 Å². The molecule has 0 aliphatic rings. The molecule has 5 nitrogen and oxygen atoms in total. The normalized spacial score (nSPS) is 10.8. The van der Waals surface area contributed by atoms with E-state index in [4.69, 9.17) is 5.10 Å². The van der Waals surface area contributed by atoms with Crippen molar-refractivity contribution in [2.45, 2.75) is 20.4 Å². The van der Waals surface area contributed by atoms with Gasteiger partial charge in [0, 0.05) is 43.3 Å². The zero-order chi connectivity index (χ0) is 21.1. The van der Waals surface area contributed by atoms with E-state index in [9.17, 15) is 4.79 Å². The van der Waals surface area contributed by atoms with Crippen molar-refractivity contribution in [1.82, 2.24) is 19.7 Å². The first-order valence-corrected chi connectivity index (χ1v) is 9.90. The Morgan fingerprint density at radius 2 is 1.80 bits per heavy atom. The highest BCUT2D eigenvalue weighted by molar-refractivity contribution is 5.93. The van der Waals surface area contributed by atoms with Crippen molar-refractivity contribution in [2.75, 3.05) is 7.05 Å². The zero-order valence-corrected chi connectivity index (χ0v) is 17.4. The van der Waals surface area contributed by atoms with E-state index in [1.54, 1.807) is 36.5 Å². The van der Waals surface area contributed by atoms with Gasteiger partial charge in [-0.25, -0.2) is 4.68 Å². The first-order chi connectivity index (χ1) is 14.5. The number of hydrogen-bond acceptors (Lipinski definition) is 3. The van der Waals surface area contributed by atoms with Crippen molar-refractivity contribution in [3.05, 3.63) is 102 Å². The molecule has 0 aliphatic heterocycles. The van der Waals surface area contributed by atoms with Crippen molar-refractivity contribution < 1.29 is 4.79 Å². The quantitative estimate of drug-likeness (QED) is 0.486. The summed E-state index contributed by atoms with van der Waals surface area (Å²) < 4.78 is 1.88. The summed E-state index contributed by atoms with van der Waals surface area (Å²) in [5, 5.41) is 4.87. The Morgan fingerprint density at radius 3 is 2.50 bits per heavy atom. The van der Waals surface area contributed by atoms with Gasteiger partial charge in [-0.15, -0.1) is 0 Å². The smallest absolute Gasteiger partial charge is 0.255 e. The first-order valence-electron chi connectivity index (χ1n) is 9.90. The summed E-state index contributed by atoms with van der Waals surface area (Å²) in [5.41, 5.74) is 6.93. The maximum Gasteiger partial charge on any atom is 0.255 e. The topological polar surface area (TPSA) is 51.0 Å². The molecule has 30 heavy (non-hydrogen) atoms. The molecule has 2 aromatic carbocycles. The van der Waals surface area contributed by atoms with Gasteiger partial charge in [0.1, 0.15) is 0 Å². The van der Waals surface area contributed by atoms with Crippen molar-refractivity contribution in [2.24, 2.45) is 0 Å². The summed E-state index contributed by atoms with van der Waals surface area (Å²) >= 11 is 0. The molecule has 1 amide bonds. The summed E-state index contributed by atoms with van der Waals surface area (Å²) in [5.74, 6) is -0.0680. The predicted octanol–water partition coefficient (Wildman–Crippen LogP) is 4.82. The Balaban J connectivity index is 1.72. The standard InChI is InChI=1S/C25H24N4O/c1-18-11-12-20(14-19(18)2)24-22(17-29(27-24)23-9-5-4-6-10-23)16-28(3)25(30)21-8-7-13-26-15-21/h4-15,17H,16H2,1-3H3. The van der Waals surface area contributed by atoms with Crippen LogP contribution in [0.5, 0.6) is 0 Å². The average molecular weight is 396 g/mol. The molecule has 0 N–H and O–H groups in total. The molecule has 0 aliphatic carbocycles. The fourth-order valence-corrected chi connectivity index (χ4v) is 3.41. The monoisotopic (exact) mass is 396 g/mol. The van der Waals surface area contributed by atoms with Gasteiger partial charge >= 0.3 is 0 Å². The lowest BCUT2D eigenvalue weighted by Gasteiger charge is -2.17. The molecule has 2 heterocycles. The zero-order valence-electron chi connectivity index (χ0n) is 17.4. The summed E-state index contributed by atoms with van der Waals surface area (Å²) in [6.07, 6.45) is 5.27. The molecular formula is C25H24N4O. The second kappa shape index (κ2) is 8.33. The van der Waals surface area contributed by atoms with Gasteiger partial charge in [-0.05, 0) is 55.3 Å². The maximum atomic E-state index is 12.8. The number of amides is 1. The molecule has 150 valence electrons. The Kier molecular flexibility index (Phi) is 5.44. The van der Waals surface area contributed by atoms with E-state index in [-0.39, 0.29) is 5.91 Å². The fourth-order valence-electron chi connectivity index (χ4n) is 3.41. The lowest BCUT2D eigenvalue weighted by Crippen LogP contribution is -2.26. The van der Waals surface area contributed by atoms with Gasteiger partial charge in [0.05, 0.1) is 16.9 Å². The third-order valence-electron chi connectivity index (χ3n) is 5.25. The Morgan fingerprint density at radius 1 is 1.00 bits per heavy atom. The number of hydrogen-bond donors (Lipinski definition) is 0. The van der Waals surface area contributed by atoms with E-state index in [1.165, 1.54) is 11.1 Å². The van der Waals surface area contributed by atoms with Crippen molar-refractivity contribution >= 4 is 5.91 Å². The van der Waals surface area contributed by atoms with E-state index < -0.39 is 0 Å². The predicted molar refractivity (Wildman–Crippen MR) is 119 cm³/mol. The second-order valence-electron chi connectivity index (χ2n) is 7.49. The number of pyridine rings is 1. The second-order valence-corrected chi connectivity index (χ2v) is 7.49. The molecule has 0 unspecified atom stereocenters. The summed E-state index contributed by atoms with van der Waals surface area (Å²) in [6, 6.07) is 19.9. The molecule has 0 atom stereocenters. The maximum absolute atomic E-state index is 12.8. The average Bonchev–Trinajstić information content (AvgIpc) is 3.20. The van der Waals surface area contributed by atoms with Crippen LogP contribution in [0.2, 0.25) is 0 Å². The molecule has 4 aromatic rings. The Labute approximate surface area is 176 Å². The van der Waals surface area contributed by atoms with Crippen LogP contribution in [0, 0.1) is 13.8 Å². The van der Waals surface area contributed by atoms with E-state index >= 15 is 0 Å². The third kappa shape index (κ3) is 4.01. The van der Waals surface area contributed by atoms with Gasteiger partial charge in [-0.2, -0.15) is 5.10 Å². The number of carbonyl (C=O) groups is 1. The first kappa shape index (κ1) is 19.6. The highest BCUT2D eigenvalue weighted by Crippen LogP contribution is 2.27. The summed E-state index contributed by atoms with van der Waals surface area (Å²) in [7, 11) is 1.80. The molecule has 0 saturated heterocycles. The van der Waals surface area contributed by atoms with Crippen LogP contribution >= 0.6 is 0 Å². The van der Waals surface area contributed by atoms with Crippen LogP contribution in [0.25, 0.3) is 16.9 Å². The number of aromatic nitrogens is 3. The van der Waals surface area contributed by atoms with Gasteiger partial charge in [-0.1, -0.05) is 30.3 Å². The van der Waals surface area contributed by atoms with Crippen molar-refractivity contribution in [3.8, 4) is 16.9 Å². The number of nitrogens with zero attached hydrogens (tertiary/aromatic N) is 4. The summed E-state index contributed by atoms with van der Waals surface area (Å²) in [6.45, 7) is 4.65. The molecule has 0 radical (unpaired) electrons. The number of benzene rings is 2. The lowest BCUT2D eigenvalue weighted by molar-refractivity contribution is 0.0785. The fraction of sp³-hybridized carbons (Fsp3) is 0.160.